The molecule has 0 amide bonds. The summed E-state index contributed by atoms with van der Waals surface area (Å²) in [7, 11) is 0. The molecule has 0 saturated heterocycles. The van der Waals surface area contributed by atoms with Crippen LogP contribution in [0.5, 0.6) is 0 Å². The number of benzene rings is 2. The zero-order valence-corrected chi connectivity index (χ0v) is 12.0. The van der Waals surface area contributed by atoms with Gasteiger partial charge in [-0.1, -0.05) is 41.9 Å². The molecule has 0 aromatic heterocycles. The predicted octanol–water partition coefficient (Wildman–Crippen LogP) is 4.58. The fourth-order valence-corrected chi connectivity index (χ4v) is 2.21. The second-order valence-corrected chi connectivity index (χ2v) is 5.05. The van der Waals surface area contributed by atoms with E-state index in [2.05, 4.69) is 0 Å². The minimum absolute atomic E-state index is 0.328. The van der Waals surface area contributed by atoms with Crippen molar-refractivity contribution in [3.63, 3.8) is 0 Å². The van der Waals surface area contributed by atoms with E-state index in [1.807, 2.05) is 12.1 Å². The van der Waals surface area contributed by atoms with E-state index in [1.54, 1.807) is 30.3 Å². The van der Waals surface area contributed by atoms with Crippen LogP contribution in [0.25, 0.3) is 5.57 Å². The standard InChI is InChI=1S/C17H14ClFO2/c18-14-9-6-12(7-10-14)5-8-13(11-17(20)21)15-3-1-2-4-16(15)19/h1-4,6-7,9-11H,5,8H2,(H,20,21)/b13-11+. The number of aryl methyl sites for hydroxylation is 1. The van der Waals surface area contributed by atoms with E-state index >= 15 is 0 Å². The average molecular weight is 305 g/mol. The molecule has 4 heteroatoms. The van der Waals surface area contributed by atoms with Gasteiger partial charge in [0.05, 0.1) is 0 Å². The van der Waals surface area contributed by atoms with Crippen LogP contribution in [0.1, 0.15) is 17.5 Å². The number of hydrogen-bond donors (Lipinski definition) is 1. The van der Waals surface area contributed by atoms with Gasteiger partial charge in [0, 0.05) is 16.7 Å². The maximum absolute atomic E-state index is 13.8. The van der Waals surface area contributed by atoms with Gasteiger partial charge in [-0.25, -0.2) is 9.18 Å². The Labute approximate surface area is 127 Å². The summed E-state index contributed by atoms with van der Waals surface area (Å²) in [6.45, 7) is 0. The first-order chi connectivity index (χ1) is 10.1. The molecule has 21 heavy (non-hydrogen) atoms. The first-order valence-corrected chi connectivity index (χ1v) is 6.87. The van der Waals surface area contributed by atoms with E-state index < -0.39 is 11.8 Å². The summed E-state index contributed by atoms with van der Waals surface area (Å²) in [6, 6.07) is 13.5. The van der Waals surface area contributed by atoms with E-state index in [1.165, 1.54) is 6.07 Å². The summed E-state index contributed by atoms with van der Waals surface area (Å²) in [5.41, 5.74) is 1.82. The molecule has 0 bridgehead atoms. The maximum Gasteiger partial charge on any atom is 0.328 e. The number of carboxylic acids is 1. The van der Waals surface area contributed by atoms with Crippen molar-refractivity contribution in [2.24, 2.45) is 0 Å². The van der Waals surface area contributed by atoms with Crippen LogP contribution in [0, 0.1) is 5.82 Å². The fourth-order valence-electron chi connectivity index (χ4n) is 2.09. The first-order valence-electron chi connectivity index (χ1n) is 6.49. The van der Waals surface area contributed by atoms with Crippen LogP contribution in [0.2, 0.25) is 5.02 Å². The highest BCUT2D eigenvalue weighted by molar-refractivity contribution is 6.30. The summed E-state index contributed by atoms with van der Waals surface area (Å²) in [5, 5.41) is 9.60. The Morgan fingerprint density at radius 1 is 1.14 bits per heavy atom. The normalized spacial score (nSPS) is 11.4. The topological polar surface area (TPSA) is 37.3 Å². The van der Waals surface area contributed by atoms with Crippen molar-refractivity contribution in [2.75, 3.05) is 0 Å². The summed E-state index contributed by atoms with van der Waals surface area (Å²) in [5.74, 6) is -1.49. The number of carboxylic acid groups (broad SMARTS) is 1. The number of carbonyl (C=O) groups is 1. The number of allylic oxidation sites excluding steroid dienone is 1. The molecule has 0 spiro atoms. The van der Waals surface area contributed by atoms with E-state index in [9.17, 15) is 9.18 Å². The van der Waals surface area contributed by atoms with Crippen molar-refractivity contribution in [1.29, 1.82) is 0 Å². The van der Waals surface area contributed by atoms with E-state index in [0.717, 1.165) is 11.6 Å². The molecule has 2 aromatic carbocycles. The molecule has 2 nitrogen and oxygen atoms in total. The zero-order valence-electron chi connectivity index (χ0n) is 11.2. The minimum Gasteiger partial charge on any atom is -0.478 e. The molecule has 2 rings (SSSR count). The van der Waals surface area contributed by atoms with Gasteiger partial charge in [0.15, 0.2) is 0 Å². The molecule has 0 fully saturated rings. The largest absolute Gasteiger partial charge is 0.478 e. The van der Waals surface area contributed by atoms with Crippen molar-refractivity contribution in [2.45, 2.75) is 12.8 Å². The average Bonchev–Trinajstić information content (AvgIpc) is 2.45. The Morgan fingerprint density at radius 3 is 2.43 bits per heavy atom. The zero-order chi connectivity index (χ0) is 15.2. The lowest BCUT2D eigenvalue weighted by molar-refractivity contribution is -0.131. The van der Waals surface area contributed by atoms with Gasteiger partial charge in [-0.05, 0) is 42.2 Å². The molecule has 0 aliphatic heterocycles. The maximum atomic E-state index is 13.8. The lowest BCUT2D eigenvalue weighted by Crippen LogP contribution is -1.97. The third-order valence-corrected chi connectivity index (χ3v) is 3.37. The molecule has 0 aliphatic carbocycles. The molecular weight excluding hydrogens is 291 g/mol. The smallest absolute Gasteiger partial charge is 0.328 e. The molecule has 0 heterocycles. The van der Waals surface area contributed by atoms with Gasteiger partial charge in [0.25, 0.3) is 0 Å². The van der Waals surface area contributed by atoms with Gasteiger partial charge in [-0.15, -0.1) is 0 Å². The molecule has 0 unspecified atom stereocenters. The molecule has 0 aliphatic rings. The molecule has 1 N–H and O–H groups in total. The van der Waals surface area contributed by atoms with Crippen LogP contribution in [-0.2, 0) is 11.2 Å². The number of halogens is 2. The van der Waals surface area contributed by atoms with Gasteiger partial charge < -0.3 is 5.11 Å². The summed E-state index contributed by atoms with van der Waals surface area (Å²) >= 11 is 5.82. The van der Waals surface area contributed by atoms with Crippen molar-refractivity contribution >= 4 is 23.1 Å². The lowest BCUT2D eigenvalue weighted by Gasteiger charge is -2.09. The van der Waals surface area contributed by atoms with Crippen LogP contribution in [0.3, 0.4) is 0 Å². The number of aliphatic carboxylic acids is 1. The first kappa shape index (κ1) is 15.3. The van der Waals surface area contributed by atoms with E-state index in [0.29, 0.717) is 29.0 Å². The second kappa shape index (κ2) is 7.04. The highest BCUT2D eigenvalue weighted by Crippen LogP contribution is 2.23. The van der Waals surface area contributed by atoms with Crippen molar-refractivity contribution in [3.05, 3.63) is 76.6 Å². The Kier molecular flexibility index (Phi) is 5.12. The van der Waals surface area contributed by atoms with E-state index in [-0.39, 0.29) is 0 Å². The van der Waals surface area contributed by atoms with Gasteiger partial charge in [0.2, 0.25) is 0 Å². The third-order valence-electron chi connectivity index (χ3n) is 3.11. The van der Waals surface area contributed by atoms with Gasteiger partial charge in [0.1, 0.15) is 5.82 Å². The van der Waals surface area contributed by atoms with Crippen LogP contribution >= 0.6 is 11.6 Å². The van der Waals surface area contributed by atoms with Crippen LogP contribution in [-0.4, -0.2) is 11.1 Å². The van der Waals surface area contributed by atoms with Crippen molar-refractivity contribution < 1.29 is 14.3 Å². The summed E-state index contributed by atoms with van der Waals surface area (Å²) < 4.78 is 13.8. The van der Waals surface area contributed by atoms with Gasteiger partial charge in [-0.2, -0.15) is 0 Å². The van der Waals surface area contributed by atoms with Gasteiger partial charge in [-0.3, -0.25) is 0 Å². The highest BCUT2D eigenvalue weighted by Gasteiger charge is 2.09. The Morgan fingerprint density at radius 2 is 1.81 bits per heavy atom. The van der Waals surface area contributed by atoms with Crippen molar-refractivity contribution in [1.82, 2.24) is 0 Å². The summed E-state index contributed by atoms with van der Waals surface area (Å²) in [4.78, 5) is 10.9. The number of rotatable bonds is 5. The minimum atomic E-state index is -1.08. The van der Waals surface area contributed by atoms with Crippen molar-refractivity contribution in [3.8, 4) is 0 Å². The predicted molar refractivity (Wildman–Crippen MR) is 81.8 cm³/mol. The summed E-state index contributed by atoms with van der Waals surface area (Å²) in [6.07, 6.45) is 2.12. The third kappa shape index (κ3) is 4.43. The molecule has 2 aromatic rings. The Hall–Kier alpha value is -2.13. The molecule has 0 saturated carbocycles. The molecular formula is C17H14ClFO2. The Balaban J connectivity index is 2.20. The van der Waals surface area contributed by atoms with Crippen LogP contribution in [0.4, 0.5) is 4.39 Å². The molecule has 108 valence electrons. The fraction of sp³-hybridized carbons (Fsp3) is 0.118. The quantitative estimate of drug-likeness (QED) is 0.821. The van der Waals surface area contributed by atoms with Crippen LogP contribution in [0.15, 0.2) is 54.6 Å². The lowest BCUT2D eigenvalue weighted by atomic mass is 9.97. The molecule has 0 atom stereocenters. The Bertz CT molecular complexity index is 663. The highest BCUT2D eigenvalue weighted by atomic mass is 35.5. The monoisotopic (exact) mass is 304 g/mol. The second-order valence-electron chi connectivity index (χ2n) is 4.61. The SMILES string of the molecule is O=C(O)/C=C(\CCc1ccc(Cl)cc1)c1ccccc1F. The van der Waals surface area contributed by atoms with Gasteiger partial charge >= 0.3 is 5.97 Å². The number of hydrogen-bond acceptors (Lipinski definition) is 1. The van der Waals surface area contributed by atoms with E-state index in [4.69, 9.17) is 16.7 Å². The van der Waals surface area contributed by atoms with Crippen LogP contribution < -0.4 is 0 Å². The molecule has 0 radical (unpaired) electrons.